The summed E-state index contributed by atoms with van der Waals surface area (Å²) in [6.07, 6.45) is 4.53. The van der Waals surface area contributed by atoms with Crippen molar-refractivity contribution in [2.24, 2.45) is 5.41 Å². The van der Waals surface area contributed by atoms with Crippen molar-refractivity contribution in [3.63, 3.8) is 0 Å². The highest BCUT2D eigenvalue weighted by atomic mass is 15.1. The molecule has 1 unspecified atom stereocenters. The molecule has 0 aliphatic carbocycles. The fourth-order valence-corrected chi connectivity index (χ4v) is 4.69. The van der Waals surface area contributed by atoms with Crippen molar-refractivity contribution >= 4 is 10.9 Å². The number of H-pyrrole nitrogens is 1. The Hall–Kier alpha value is -1.79. The largest absolute Gasteiger partial charge is 0.357 e. The van der Waals surface area contributed by atoms with Gasteiger partial charge in [0.1, 0.15) is 0 Å². The topological polar surface area (TPSA) is 42.8 Å². The fourth-order valence-electron chi connectivity index (χ4n) is 4.69. The van der Waals surface area contributed by atoms with Crippen molar-refractivity contribution in [3.05, 3.63) is 35.5 Å². The Morgan fingerprint density at radius 1 is 1.36 bits per heavy atom. The zero-order chi connectivity index (χ0) is 15.2. The van der Waals surface area contributed by atoms with Gasteiger partial charge >= 0.3 is 0 Å². The van der Waals surface area contributed by atoms with E-state index >= 15 is 0 Å². The zero-order valence-corrected chi connectivity index (χ0v) is 13.2. The first kappa shape index (κ1) is 13.8. The first-order chi connectivity index (χ1) is 10.8. The van der Waals surface area contributed by atoms with E-state index in [0.717, 1.165) is 25.9 Å². The summed E-state index contributed by atoms with van der Waals surface area (Å²) in [5.41, 5.74) is 3.88. The predicted molar refractivity (Wildman–Crippen MR) is 88.8 cm³/mol. The summed E-state index contributed by atoms with van der Waals surface area (Å²) >= 11 is 0. The lowest BCUT2D eigenvalue weighted by atomic mass is 9.66. The Morgan fingerprint density at radius 2 is 2.23 bits per heavy atom. The zero-order valence-electron chi connectivity index (χ0n) is 13.2. The second-order valence-corrected chi connectivity index (χ2v) is 6.97. The summed E-state index contributed by atoms with van der Waals surface area (Å²) in [4.78, 5) is 6.19. The van der Waals surface area contributed by atoms with Crippen LogP contribution in [0.3, 0.4) is 0 Å². The van der Waals surface area contributed by atoms with Crippen LogP contribution in [-0.4, -0.2) is 29.5 Å². The highest BCUT2D eigenvalue weighted by molar-refractivity contribution is 5.85. The molecule has 2 bridgehead atoms. The average Bonchev–Trinajstić information content (AvgIpc) is 2.91. The number of fused-ring (bicyclic) bond motifs is 5. The fraction of sp³-hybridized carbons (Fsp3) is 0.526. The Labute approximate surface area is 131 Å². The molecule has 3 atom stereocenters. The van der Waals surface area contributed by atoms with E-state index < -0.39 is 0 Å². The molecule has 0 saturated carbocycles. The number of rotatable bonds is 1. The van der Waals surface area contributed by atoms with Crippen LogP contribution in [0.1, 0.15) is 43.4 Å². The minimum atomic E-state index is -0.0111. The molecule has 1 fully saturated rings. The first-order valence-corrected chi connectivity index (χ1v) is 8.49. The highest BCUT2D eigenvalue weighted by Crippen LogP contribution is 2.48. The van der Waals surface area contributed by atoms with E-state index in [4.69, 9.17) is 0 Å². The van der Waals surface area contributed by atoms with Gasteiger partial charge in [-0.05, 0) is 43.9 Å². The number of nitrogens with zero attached hydrogens (tertiary/aromatic N) is 2. The molecule has 1 aromatic carbocycles. The van der Waals surface area contributed by atoms with Gasteiger partial charge in [-0.1, -0.05) is 25.1 Å². The molecule has 1 saturated heterocycles. The normalized spacial score (nSPS) is 31.1. The summed E-state index contributed by atoms with van der Waals surface area (Å²) in [6.45, 7) is 5.65. The number of piperidine rings is 1. The van der Waals surface area contributed by atoms with E-state index in [9.17, 15) is 5.26 Å². The molecular weight excluding hydrogens is 270 g/mol. The monoisotopic (exact) mass is 293 g/mol. The van der Waals surface area contributed by atoms with E-state index in [1.807, 2.05) is 0 Å². The Kier molecular flexibility index (Phi) is 3.23. The summed E-state index contributed by atoms with van der Waals surface area (Å²) in [7, 11) is 0. The maximum Gasteiger partial charge on any atom is 0.0933 e. The number of benzene rings is 1. The van der Waals surface area contributed by atoms with Crippen molar-refractivity contribution in [1.82, 2.24) is 9.88 Å². The van der Waals surface area contributed by atoms with Gasteiger partial charge in [0, 0.05) is 35.1 Å². The molecule has 3 nitrogen and oxygen atoms in total. The van der Waals surface area contributed by atoms with Crippen LogP contribution in [0.4, 0.5) is 0 Å². The van der Waals surface area contributed by atoms with Crippen LogP contribution in [0.5, 0.6) is 0 Å². The van der Waals surface area contributed by atoms with Gasteiger partial charge in [-0.2, -0.15) is 5.26 Å². The molecule has 3 heteroatoms. The van der Waals surface area contributed by atoms with E-state index in [1.165, 1.54) is 41.5 Å². The minimum absolute atomic E-state index is 0.0111. The SMILES string of the molecule is CC[C@]12CCCN(CCc3c([nH]c4ccccc34)[C@H]1C#N)C2. The molecule has 2 aliphatic heterocycles. The van der Waals surface area contributed by atoms with Gasteiger partial charge in [0.25, 0.3) is 0 Å². The van der Waals surface area contributed by atoms with Crippen molar-refractivity contribution in [2.45, 2.75) is 38.5 Å². The Balaban J connectivity index is 1.94. The molecule has 1 N–H and O–H groups in total. The molecule has 0 spiro atoms. The summed E-state index contributed by atoms with van der Waals surface area (Å²) < 4.78 is 0. The van der Waals surface area contributed by atoms with E-state index in [0.29, 0.717) is 0 Å². The van der Waals surface area contributed by atoms with Crippen molar-refractivity contribution in [1.29, 1.82) is 5.26 Å². The highest BCUT2D eigenvalue weighted by Gasteiger charge is 2.44. The summed E-state index contributed by atoms with van der Waals surface area (Å²) in [5.74, 6) is -0.0111. The second-order valence-electron chi connectivity index (χ2n) is 6.97. The number of nitriles is 1. The molecule has 3 heterocycles. The van der Waals surface area contributed by atoms with Crippen molar-refractivity contribution in [2.75, 3.05) is 19.6 Å². The van der Waals surface area contributed by atoms with Gasteiger partial charge in [-0.3, -0.25) is 0 Å². The third-order valence-electron chi connectivity index (χ3n) is 5.95. The summed E-state index contributed by atoms with van der Waals surface area (Å²) in [6, 6.07) is 11.2. The lowest BCUT2D eigenvalue weighted by Crippen LogP contribution is -2.48. The smallest absolute Gasteiger partial charge is 0.0933 e. The third-order valence-corrected chi connectivity index (χ3v) is 5.95. The Morgan fingerprint density at radius 3 is 3.05 bits per heavy atom. The van der Waals surface area contributed by atoms with E-state index in [2.05, 4.69) is 47.1 Å². The number of para-hydroxylation sites is 1. The molecule has 1 aromatic heterocycles. The number of aromatic amines is 1. The van der Waals surface area contributed by atoms with Crippen LogP contribution < -0.4 is 0 Å². The number of hydrogen-bond donors (Lipinski definition) is 1. The quantitative estimate of drug-likeness (QED) is 0.868. The standard InChI is InChI=1S/C19H23N3/c1-2-19-9-5-10-22(13-19)11-8-15-14-6-3-4-7-17(14)21-18(15)16(19)12-20/h3-4,6-7,16,21H,2,5,8-11,13H2,1H3/t16-,19-/m1/s1. The van der Waals surface area contributed by atoms with Crippen molar-refractivity contribution < 1.29 is 0 Å². The summed E-state index contributed by atoms with van der Waals surface area (Å²) in [5, 5.41) is 11.3. The molecule has 114 valence electrons. The van der Waals surface area contributed by atoms with Crippen molar-refractivity contribution in [3.8, 4) is 6.07 Å². The van der Waals surface area contributed by atoms with E-state index in [1.54, 1.807) is 0 Å². The van der Waals surface area contributed by atoms with Gasteiger partial charge in [0.15, 0.2) is 0 Å². The van der Waals surface area contributed by atoms with Crippen LogP contribution in [0.2, 0.25) is 0 Å². The lowest BCUT2D eigenvalue weighted by Gasteiger charge is -2.46. The molecule has 4 rings (SSSR count). The number of nitrogens with one attached hydrogen (secondary N) is 1. The molecule has 0 amide bonds. The van der Waals surface area contributed by atoms with Gasteiger partial charge in [-0.25, -0.2) is 0 Å². The van der Waals surface area contributed by atoms with E-state index in [-0.39, 0.29) is 11.3 Å². The number of hydrogen-bond acceptors (Lipinski definition) is 2. The van der Waals surface area contributed by atoms with Crippen LogP contribution >= 0.6 is 0 Å². The van der Waals surface area contributed by atoms with Gasteiger partial charge < -0.3 is 9.88 Å². The van der Waals surface area contributed by atoms with Crippen LogP contribution in [-0.2, 0) is 6.42 Å². The van der Waals surface area contributed by atoms with Crippen LogP contribution in [0.25, 0.3) is 10.9 Å². The third kappa shape index (κ3) is 1.90. The lowest BCUT2D eigenvalue weighted by molar-refractivity contribution is 0.0684. The molecule has 0 radical (unpaired) electrons. The molecule has 2 aliphatic rings. The minimum Gasteiger partial charge on any atom is -0.357 e. The maximum absolute atomic E-state index is 10.00. The van der Waals surface area contributed by atoms with Crippen LogP contribution in [0, 0.1) is 16.7 Å². The van der Waals surface area contributed by atoms with Gasteiger partial charge in [0.05, 0.1) is 12.0 Å². The molecule has 22 heavy (non-hydrogen) atoms. The van der Waals surface area contributed by atoms with Gasteiger partial charge in [-0.15, -0.1) is 0 Å². The molecular formula is C19H23N3. The Bertz CT molecular complexity index is 739. The predicted octanol–water partition coefficient (Wildman–Crippen LogP) is 3.82. The first-order valence-electron chi connectivity index (χ1n) is 8.49. The maximum atomic E-state index is 10.00. The van der Waals surface area contributed by atoms with Gasteiger partial charge in [0.2, 0.25) is 0 Å². The second kappa shape index (κ2) is 5.14. The van der Waals surface area contributed by atoms with Crippen LogP contribution in [0.15, 0.2) is 24.3 Å². The molecule has 2 aromatic rings. The number of aromatic nitrogens is 1. The average molecular weight is 293 g/mol.